The minimum atomic E-state index is -0.193. The fourth-order valence-corrected chi connectivity index (χ4v) is 1.78. The summed E-state index contributed by atoms with van der Waals surface area (Å²) in [4.78, 5) is 16.2. The van der Waals surface area contributed by atoms with Gasteiger partial charge in [0.1, 0.15) is 5.75 Å². The van der Waals surface area contributed by atoms with Gasteiger partial charge in [0, 0.05) is 13.0 Å². The van der Waals surface area contributed by atoms with Gasteiger partial charge in [-0.05, 0) is 17.7 Å². The van der Waals surface area contributed by atoms with E-state index in [0.29, 0.717) is 11.8 Å². The van der Waals surface area contributed by atoms with Gasteiger partial charge in [-0.15, -0.1) is 0 Å². The minimum Gasteiger partial charge on any atom is -0.508 e. The highest BCUT2D eigenvalue weighted by molar-refractivity contribution is 5.90. The van der Waals surface area contributed by atoms with Gasteiger partial charge in [0.05, 0.1) is 6.42 Å². The van der Waals surface area contributed by atoms with Crippen LogP contribution in [0.3, 0.4) is 0 Å². The van der Waals surface area contributed by atoms with Gasteiger partial charge in [0.15, 0.2) is 5.82 Å². The number of amides is 1. The summed E-state index contributed by atoms with van der Waals surface area (Å²) in [5, 5.41) is 16.3. The molecule has 106 valence electrons. The molecule has 1 heterocycles. The lowest BCUT2D eigenvalue weighted by Gasteiger charge is -2.04. The van der Waals surface area contributed by atoms with E-state index < -0.39 is 0 Å². The molecule has 1 aromatic carbocycles. The molecule has 0 atom stereocenters. The Labute approximate surface area is 117 Å². The highest BCUT2D eigenvalue weighted by atomic mass is 16.3. The van der Waals surface area contributed by atoms with E-state index >= 15 is 0 Å². The van der Waals surface area contributed by atoms with E-state index in [4.69, 9.17) is 0 Å². The van der Waals surface area contributed by atoms with Crippen LogP contribution in [0.1, 0.15) is 31.2 Å². The zero-order valence-electron chi connectivity index (χ0n) is 11.8. The molecule has 2 rings (SSSR count). The van der Waals surface area contributed by atoms with Gasteiger partial charge < -0.3 is 5.11 Å². The van der Waals surface area contributed by atoms with Crippen molar-refractivity contribution in [3.05, 3.63) is 35.7 Å². The maximum absolute atomic E-state index is 12.0. The van der Waals surface area contributed by atoms with Crippen LogP contribution >= 0.6 is 0 Å². The number of phenols is 1. The predicted molar refractivity (Wildman–Crippen MR) is 75.5 cm³/mol. The van der Waals surface area contributed by atoms with Crippen LogP contribution in [-0.4, -0.2) is 25.8 Å². The molecule has 6 nitrogen and oxygen atoms in total. The van der Waals surface area contributed by atoms with E-state index in [1.54, 1.807) is 36.0 Å². The number of rotatable bonds is 4. The molecule has 1 amide bonds. The van der Waals surface area contributed by atoms with Crippen molar-refractivity contribution in [1.82, 2.24) is 14.8 Å². The standard InChI is InChI=1S/C14H18N4O2/c1-9(2)13-16-14(18(3)17-13)15-12(20)8-10-5-4-6-11(19)7-10/h4-7,9,19H,8H2,1-3H3,(H,15,16,17,20). The van der Waals surface area contributed by atoms with Crippen LogP contribution in [-0.2, 0) is 18.3 Å². The maximum atomic E-state index is 12.0. The number of hydrogen-bond acceptors (Lipinski definition) is 4. The lowest BCUT2D eigenvalue weighted by atomic mass is 10.1. The summed E-state index contributed by atoms with van der Waals surface area (Å²) in [6.07, 6.45) is 0.179. The number of aromatic hydroxyl groups is 1. The zero-order valence-corrected chi connectivity index (χ0v) is 11.8. The first kappa shape index (κ1) is 14.0. The first-order valence-corrected chi connectivity index (χ1v) is 6.44. The molecule has 2 N–H and O–H groups in total. The predicted octanol–water partition coefficient (Wildman–Crippen LogP) is 1.83. The Balaban J connectivity index is 2.05. The molecule has 0 bridgehead atoms. The number of anilines is 1. The van der Waals surface area contributed by atoms with Crippen LogP contribution in [0.4, 0.5) is 5.95 Å². The number of aromatic nitrogens is 3. The third-order valence-corrected chi connectivity index (χ3v) is 2.82. The Morgan fingerprint density at radius 1 is 1.45 bits per heavy atom. The van der Waals surface area contributed by atoms with Crippen LogP contribution in [0.25, 0.3) is 0 Å². The van der Waals surface area contributed by atoms with E-state index in [9.17, 15) is 9.90 Å². The van der Waals surface area contributed by atoms with E-state index in [0.717, 1.165) is 5.56 Å². The number of nitrogens with one attached hydrogen (secondary N) is 1. The van der Waals surface area contributed by atoms with Crippen molar-refractivity contribution in [1.29, 1.82) is 0 Å². The first-order chi connectivity index (χ1) is 9.45. The van der Waals surface area contributed by atoms with Gasteiger partial charge in [0.25, 0.3) is 0 Å². The molecule has 0 unspecified atom stereocenters. The largest absolute Gasteiger partial charge is 0.508 e. The molecule has 0 aliphatic rings. The molecular weight excluding hydrogens is 256 g/mol. The highest BCUT2D eigenvalue weighted by Crippen LogP contribution is 2.14. The van der Waals surface area contributed by atoms with Crippen molar-refractivity contribution in [3.63, 3.8) is 0 Å². The smallest absolute Gasteiger partial charge is 0.231 e. The summed E-state index contributed by atoms with van der Waals surface area (Å²) in [5.41, 5.74) is 0.744. The average Bonchev–Trinajstić information content (AvgIpc) is 2.71. The Morgan fingerprint density at radius 2 is 2.20 bits per heavy atom. The minimum absolute atomic E-state index is 0.149. The summed E-state index contributed by atoms with van der Waals surface area (Å²) in [6, 6.07) is 6.63. The molecule has 2 aromatic rings. The molecule has 0 aliphatic heterocycles. The second kappa shape index (κ2) is 5.73. The van der Waals surface area contributed by atoms with E-state index in [-0.39, 0.29) is 24.0 Å². The van der Waals surface area contributed by atoms with Gasteiger partial charge in [-0.25, -0.2) is 4.68 Å². The van der Waals surface area contributed by atoms with Crippen molar-refractivity contribution < 1.29 is 9.90 Å². The third-order valence-electron chi connectivity index (χ3n) is 2.82. The van der Waals surface area contributed by atoms with Gasteiger partial charge >= 0.3 is 0 Å². The number of hydrogen-bond donors (Lipinski definition) is 2. The molecule has 0 aliphatic carbocycles. The topological polar surface area (TPSA) is 80.0 Å². The molecule has 0 fully saturated rings. The number of carbonyl (C=O) groups is 1. The Kier molecular flexibility index (Phi) is 4.02. The Hall–Kier alpha value is -2.37. The Bertz CT molecular complexity index is 619. The molecule has 0 spiro atoms. The summed E-state index contributed by atoms with van der Waals surface area (Å²) < 4.78 is 1.55. The molecule has 6 heteroatoms. The quantitative estimate of drug-likeness (QED) is 0.891. The summed E-state index contributed by atoms with van der Waals surface area (Å²) in [6.45, 7) is 3.99. The molecule has 0 saturated heterocycles. The van der Waals surface area contributed by atoms with Crippen molar-refractivity contribution in [2.24, 2.45) is 7.05 Å². The second-order valence-electron chi connectivity index (χ2n) is 4.97. The molecule has 0 radical (unpaired) electrons. The lowest BCUT2D eigenvalue weighted by Crippen LogP contribution is -2.17. The van der Waals surface area contributed by atoms with Crippen LogP contribution in [0, 0.1) is 0 Å². The second-order valence-corrected chi connectivity index (χ2v) is 4.97. The summed E-state index contributed by atoms with van der Waals surface area (Å²) >= 11 is 0. The molecule has 1 aromatic heterocycles. The lowest BCUT2D eigenvalue weighted by molar-refractivity contribution is -0.115. The van der Waals surface area contributed by atoms with Crippen molar-refractivity contribution in [2.75, 3.05) is 5.32 Å². The van der Waals surface area contributed by atoms with Crippen LogP contribution in [0.2, 0.25) is 0 Å². The average molecular weight is 274 g/mol. The first-order valence-electron chi connectivity index (χ1n) is 6.44. The molecular formula is C14H18N4O2. The van der Waals surface area contributed by atoms with Crippen molar-refractivity contribution in [2.45, 2.75) is 26.2 Å². The van der Waals surface area contributed by atoms with Gasteiger partial charge in [-0.2, -0.15) is 10.1 Å². The number of carbonyl (C=O) groups excluding carboxylic acids is 1. The van der Waals surface area contributed by atoms with Crippen LogP contribution < -0.4 is 5.32 Å². The van der Waals surface area contributed by atoms with Crippen LogP contribution in [0.15, 0.2) is 24.3 Å². The van der Waals surface area contributed by atoms with Crippen LogP contribution in [0.5, 0.6) is 5.75 Å². The molecule has 0 saturated carbocycles. The van der Waals surface area contributed by atoms with E-state index in [1.165, 1.54) is 0 Å². The number of nitrogens with zero attached hydrogens (tertiary/aromatic N) is 3. The fraction of sp³-hybridized carbons (Fsp3) is 0.357. The van der Waals surface area contributed by atoms with E-state index in [1.807, 2.05) is 13.8 Å². The monoisotopic (exact) mass is 274 g/mol. The highest BCUT2D eigenvalue weighted by Gasteiger charge is 2.13. The van der Waals surface area contributed by atoms with Gasteiger partial charge in [-0.3, -0.25) is 10.1 Å². The van der Waals surface area contributed by atoms with Crippen molar-refractivity contribution >= 4 is 11.9 Å². The maximum Gasteiger partial charge on any atom is 0.231 e. The summed E-state index contributed by atoms with van der Waals surface area (Å²) in [5.74, 6) is 1.29. The van der Waals surface area contributed by atoms with Gasteiger partial charge in [0.2, 0.25) is 11.9 Å². The third kappa shape index (κ3) is 3.34. The normalized spacial score (nSPS) is 10.8. The fourth-order valence-electron chi connectivity index (χ4n) is 1.78. The van der Waals surface area contributed by atoms with Gasteiger partial charge in [-0.1, -0.05) is 26.0 Å². The SMILES string of the molecule is CC(C)c1nc(NC(=O)Cc2cccc(O)c2)n(C)n1. The molecule has 20 heavy (non-hydrogen) atoms. The Morgan fingerprint density at radius 3 is 2.80 bits per heavy atom. The zero-order chi connectivity index (χ0) is 14.7. The summed E-state index contributed by atoms with van der Waals surface area (Å²) in [7, 11) is 1.74. The van der Waals surface area contributed by atoms with E-state index in [2.05, 4.69) is 15.4 Å². The van der Waals surface area contributed by atoms with Crippen molar-refractivity contribution in [3.8, 4) is 5.75 Å². The number of benzene rings is 1. The number of aryl methyl sites for hydroxylation is 1. The number of phenolic OH excluding ortho intramolecular Hbond substituents is 1.